The van der Waals surface area contributed by atoms with Crippen LogP contribution in [-0.4, -0.2) is 34.4 Å². The van der Waals surface area contributed by atoms with Gasteiger partial charge in [-0.15, -0.1) is 0 Å². The molecule has 4 nitrogen and oxygen atoms in total. The van der Waals surface area contributed by atoms with Crippen LogP contribution in [0.25, 0.3) is 0 Å². The van der Waals surface area contributed by atoms with Crippen molar-refractivity contribution in [1.29, 1.82) is 0 Å². The average Bonchev–Trinajstić information content (AvgIpc) is 3.35. The topological polar surface area (TPSA) is 41.1 Å². The van der Waals surface area contributed by atoms with Crippen molar-refractivity contribution in [2.45, 2.75) is 72.5 Å². The smallest absolute Gasteiger partial charge is 0.0644 e. The average molecular weight is 511 g/mol. The molecule has 0 saturated heterocycles. The van der Waals surface area contributed by atoms with E-state index in [-0.39, 0.29) is 6.04 Å². The summed E-state index contributed by atoms with van der Waals surface area (Å²) in [7, 11) is 0. The largest absolute Gasteiger partial charge is 0.380 e. The molecule has 4 rings (SSSR count). The van der Waals surface area contributed by atoms with E-state index in [1.165, 1.54) is 49.0 Å². The van der Waals surface area contributed by atoms with Gasteiger partial charge in [-0.3, -0.25) is 10.00 Å². The van der Waals surface area contributed by atoms with Crippen molar-refractivity contribution in [2.24, 2.45) is 0 Å². The van der Waals surface area contributed by atoms with Crippen LogP contribution in [0.15, 0.2) is 41.1 Å². The third kappa shape index (κ3) is 4.55. The van der Waals surface area contributed by atoms with Crippen molar-refractivity contribution >= 4 is 15.9 Å². The monoisotopic (exact) mass is 509 g/mol. The molecule has 0 saturated carbocycles. The lowest BCUT2D eigenvalue weighted by atomic mass is 9.82. The predicted molar refractivity (Wildman–Crippen MR) is 139 cm³/mol. The number of H-pyrrole nitrogens is 1. The minimum Gasteiger partial charge on any atom is -0.380 e. The molecule has 0 radical (unpaired) electrons. The van der Waals surface area contributed by atoms with Crippen molar-refractivity contribution in [2.75, 3.05) is 13.2 Å². The molecule has 0 amide bonds. The Morgan fingerprint density at radius 3 is 2.33 bits per heavy atom. The normalized spacial score (nSPS) is 17.2. The molecular weight excluding hydrogens is 474 g/mol. The Bertz CT molecular complexity index is 1060. The molecule has 2 atom stereocenters. The van der Waals surface area contributed by atoms with E-state index in [4.69, 9.17) is 4.74 Å². The van der Waals surface area contributed by atoms with Crippen LogP contribution in [0, 0.1) is 13.8 Å². The first-order valence-corrected chi connectivity index (χ1v) is 13.0. The fourth-order valence-corrected chi connectivity index (χ4v) is 6.78. The second-order valence-electron chi connectivity index (χ2n) is 9.03. The van der Waals surface area contributed by atoms with Crippen LogP contribution in [0.3, 0.4) is 0 Å². The van der Waals surface area contributed by atoms with E-state index in [0.29, 0.717) is 6.04 Å². The van der Waals surface area contributed by atoms with Gasteiger partial charge in [0, 0.05) is 35.4 Å². The summed E-state index contributed by atoms with van der Waals surface area (Å²) in [5, 5.41) is 7.45. The number of hydrogen-bond acceptors (Lipinski definition) is 3. The highest BCUT2D eigenvalue weighted by Crippen LogP contribution is 2.42. The zero-order chi connectivity index (χ0) is 23.5. The first-order valence-electron chi connectivity index (χ1n) is 12.2. The minimum absolute atomic E-state index is 0.117. The minimum atomic E-state index is 0.117. The first kappa shape index (κ1) is 24.2. The molecule has 2 unspecified atom stereocenters. The number of ether oxygens (including phenoxy) is 1. The maximum Gasteiger partial charge on any atom is 0.0644 e. The van der Waals surface area contributed by atoms with Crippen LogP contribution in [0.5, 0.6) is 0 Å². The van der Waals surface area contributed by atoms with Crippen molar-refractivity contribution in [3.8, 4) is 0 Å². The van der Waals surface area contributed by atoms with Gasteiger partial charge >= 0.3 is 0 Å². The summed E-state index contributed by atoms with van der Waals surface area (Å²) >= 11 is 3.95. The third-order valence-electron chi connectivity index (χ3n) is 7.30. The lowest BCUT2D eigenvalue weighted by Crippen LogP contribution is -2.46. The summed E-state index contributed by atoms with van der Waals surface area (Å²) in [5.74, 6) is 0. The summed E-state index contributed by atoms with van der Waals surface area (Å²) in [6, 6.07) is 9.29. The number of aromatic amines is 1. The van der Waals surface area contributed by atoms with Crippen molar-refractivity contribution < 1.29 is 4.74 Å². The summed E-state index contributed by atoms with van der Waals surface area (Å²) < 4.78 is 7.30. The van der Waals surface area contributed by atoms with Gasteiger partial charge in [-0.2, -0.15) is 5.10 Å². The SMILES string of the molecule is CCOCC1Cc2ccccc2CN1C(c1cn[nH]c1)c1c(C)c(CC)c(Br)c(CC)c1C. The standard InChI is InChI=1S/C28H36BrN3O/c1-6-24-18(4)26(19(5)25(7-2)27(24)29)28(22-14-30-31-15-22)32-16-21-12-10-9-11-20(21)13-23(32)17-33-8-3/h9-12,14-15,23,28H,6-8,13,16-17H2,1-5H3,(H,30,31). The molecule has 0 fully saturated rings. The number of halogens is 1. The van der Waals surface area contributed by atoms with Gasteiger partial charge in [0.25, 0.3) is 0 Å². The molecule has 0 spiro atoms. The van der Waals surface area contributed by atoms with Gasteiger partial charge in [0.05, 0.1) is 18.8 Å². The van der Waals surface area contributed by atoms with Gasteiger partial charge in [0.2, 0.25) is 0 Å². The van der Waals surface area contributed by atoms with Gasteiger partial charge in [-0.1, -0.05) is 54.0 Å². The van der Waals surface area contributed by atoms with Gasteiger partial charge in [-0.25, -0.2) is 0 Å². The van der Waals surface area contributed by atoms with Crippen molar-refractivity contribution in [3.05, 3.63) is 85.6 Å². The zero-order valence-electron chi connectivity index (χ0n) is 20.5. The summed E-state index contributed by atoms with van der Waals surface area (Å²) in [6.07, 6.45) is 7.09. The van der Waals surface area contributed by atoms with Gasteiger partial charge in [-0.05, 0) is 79.0 Å². The van der Waals surface area contributed by atoms with Crippen LogP contribution in [0.2, 0.25) is 0 Å². The maximum atomic E-state index is 6.02. The Morgan fingerprint density at radius 1 is 1.09 bits per heavy atom. The second-order valence-corrected chi connectivity index (χ2v) is 9.83. The lowest BCUT2D eigenvalue weighted by Gasteiger charge is -2.43. The van der Waals surface area contributed by atoms with Crippen molar-refractivity contribution in [1.82, 2.24) is 15.1 Å². The number of nitrogens with one attached hydrogen (secondary N) is 1. The Balaban J connectivity index is 1.92. The van der Waals surface area contributed by atoms with Crippen molar-refractivity contribution in [3.63, 3.8) is 0 Å². The lowest BCUT2D eigenvalue weighted by molar-refractivity contribution is 0.0390. The Hall–Kier alpha value is -1.95. The Labute approximate surface area is 206 Å². The fraction of sp³-hybridized carbons (Fsp3) is 0.464. The molecule has 1 aliphatic heterocycles. The molecule has 5 heteroatoms. The third-order valence-corrected chi connectivity index (χ3v) is 8.26. The molecule has 0 bridgehead atoms. The first-order chi connectivity index (χ1) is 16.0. The number of aromatic nitrogens is 2. The molecule has 1 aliphatic rings. The van der Waals surface area contributed by atoms with E-state index in [2.05, 4.69) is 96.1 Å². The van der Waals surface area contributed by atoms with E-state index >= 15 is 0 Å². The number of nitrogens with zero attached hydrogens (tertiary/aromatic N) is 2. The molecule has 176 valence electrons. The van der Waals surface area contributed by atoms with E-state index in [0.717, 1.165) is 39.0 Å². The number of rotatable bonds is 8. The molecular formula is C28H36BrN3O. The van der Waals surface area contributed by atoms with Crippen LogP contribution in [-0.2, 0) is 30.5 Å². The van der Waals surface area contributed by atoms with E-state index in [1.807, 2.05) is 6.20 Å². The van der Waals surface area contributed by atoms with Crippen LogP contribution < -0.4 is 0 Å². The predicted octanol–water partition coefficient (Wildman–Crippen LogP) is 6.47. The highest BCUT2D eigenvalue weighted by atomic mass is 79.9. The van der Waals surface area contributed by atoms with E-state index in [9.17, 15) is 0 Å². The molecule has 1 N–H and O–H groups in total. The maximum absolute atomic E-state index is 6.02. The number of fused-ring (bicyclic) bond motifs is 1. The molecule has 2 aromatic carbocycles. The molecule has 1 aromatic heterocycles. The van der Waals surface area contributed by atoms with Crippen LogP contribution in [0.4, 0.5) is 0 Å². The van der Waals surface area contributed by atoms with Gasteiger partial charge in [0.1, 0.15) is 0 Å². The highest BCUT2D eigenvalue weighted by Gasteiger charge is 2.36. The summed E-state index contributed by atoms with van der Waals surface area (Å²) in [4.78, 5) is 2.66. The summed E-state index contributed by atoms with van der Waals surface area (Å²) in [6.45, 7) is 13.6. The Morgan fingerprint density at radius 2 is 1.76 bits per heavy atom. The van der Waals surface area contributed by atoms with Crippen LogP contribution >= 0.6 is 15.9 Å². The van der Waals surface area contributed by atoms with Gasteiger partial charge in [0.15, 0.2) is 0 Å². The van der Waals surface area contributed by atoms with Crippen LogP contribution in [0.1, 0.15) is 71.3 Å². The molecule has 2 heterocycles. The Kier molecular flexibility index (Phi) is 7.72. The van der Waals surface area contributed by atoms with E-state index in [1.54, 1.807) is 0 Å². The fourth-order valence-electron chi connectivity index (χ4n) is 5.62. The van der Waals surface area contributed by atoms with Gasteiger partial charge < -0.3 is 4.74 Å². The molecule has 33 heavy (non-hydrogen) atoms. The quantitative estimate of drug-likeness (QED) is 0.378. The highest BCUT2D eigenvalue weighted by molar-refractivity contribution is 9.10. The zero-order valence-corrected chi connectivity index (χ0v) is 22.1. The molecule has 0 aliphatic carbocycles. The number of benzene rings is 2. The van der Waals surface area contributed by atoms with E-state index < -0.39 is 0 Å². The molecule has 3 aromatic rings. The second kappa shape index (κ2) is 10.5. The summed E-state index contributed by atoms with van der Waals surface area (Å²) in [5.41, 5.74) is 11.1. The number of hydrogen-bond donors (Lipinski definition) is 1.